The molecule has 0 atom stereocenters. The van der Waals surface area contributed by atoms with E-state index in [0.717, 1.165) is 5.56 Å². The number of methoxy groups -OCH3 is 2. The lowest BCUT2D eigenvalue weighted by molar-refractivity contribution is 0.355. The smallest absolute Gasteiger partial charge is 0.316 e. The van der Waals surface area contributed by atoms with Crippen LogP contribution >= 0.6 is 0 Å². The molecule has 4 aromatic rings. The first-order valence-corrected chi connectivity index (χ1v) is 8.61. The van der Waals surface area contributed by atoms with Gasteiger partial charge in [-0.25, -0.2) is 0 Å². The second-order valence-electron chi connectivity index (χ2n) is 6.11. The van der Waals surface area contributed by atoms with E-state index in [4.69, 9.17) is 18.5 Å². The van der Waals surface area contributed by atoms with E-state index in [-0.39, 0.29) is 11.8 Å². The summed E-state index contributed by atoms with van der Waals surface area (Å²) in [5, 5.41) is 8.00. The van der Waals surface area contributed by atoms with Gasteiger partial charge in [0.05, 0.1) is 14.2 Å². The lowest BCUT2D eigenvalue weighted by Crippen LogP contribution is -1.93. The fourth-order valence-corrected chi connectivity index (χ4v) is 2.79. The maximum Gasteiger partial charge on any atom is 0.316 e. The van der Waals surface area contributed by atoms with Gasteiger partial charge in [0, 0.05) is 12.0 Å². The van der Waals surface area contributed by atoms with E-state index < -0.39 is 0 Å². The van der Waals surface area contributed by atoms with Gasteiger partial charge in [0.25, 0.3) is 0 Å². The van der Waals surface area contributed by atoms with Gasteiger partial charge in [-0.05, 0) is 36.2 Å². The third-order valence-electron chi connectivity index (χ3n) is 4.33. The Morgan fingerprint density at radius 2 is 1.61 bits per heavy atom. The van der Waals surface area contributed by atoms with E-state index in [1.54, 1.807) is 26.4 Å². The number of hydrogen-bond acceptors (Lipinski definition) is 8. The Morgan fingerprint density at radius 1 is 0.857 bits per heavy atom. The van der Waals surface area contributed by atoms with Crippen LogP contribution in [0.2, 0.25) is 0 Å². The lowest BCUT2D eigenvalue weighted by Gasteiger charge is -2.07. The molecule has 0 bridgehead atoms. The van der Waals surface area contributed by atoms with Crippen molar-refractivity contribution in [2.75, 3.05) is 14.2 Å². The molecule has 2 aromatic heterocycles. The minimum Gasteiger partial charge on any atom is -0.493 e. The van der Waals surface area contributed by atoms with Gasteiger partial charge in [-0.2, -0.15) is 9.97 Å². The Morgan fingerprint density at radius 3 is 2.39 bits per heavy atom. The van der Waals surface area contributed by atoms with E-state index in [1.807, 2.05) is 37.3 Å². The molecule has 0 radical (unpaired) electrons. The van der Waals surface area contributed by atoms with Crippen LogP contribution in [0.25, 0.3) is 23.2 Å². The molecule has 8 nitrogen and oxygen atoms in total. The van der Waals surface area contributed by atoms with Crippen molar-refractivity contribution in [3.8, 4) is 34.7 Å². The third kappa shape index (κ3) is 3.44. The first-order chi connectivity index (χ1) is 13.7. The van der Waals surface area contributed by atoms with Crippen molar-refractivity contribution in [1.82, 2.24) is 20.3 Å². The normalized spacial score (nSPS) is 10.8. The largest absolute Gasteiger partial charge is 0.493 e. The van der Waals surface area contributed by atoms with Crippen LogP contribution in [0.5, 0.6) is 11.5 Å². The van der Waals surface area contributed by atoms with Gasteiger partial charge in [-0.1, -0.05) is 34.6 Å². The highest BCUT2D eigenvalue weighted by atomic mass is 16.5. The molecule has 0 saturated carbocycles. The summed E-state index contributed by atoms with van der Waals surface area (Å²) < 4.78 is 21.1. The molecule has 0 unspecified atom stereocenters. The van der Waals surface area contributed by atoms with Crippen LogP contribution in [0.4, 0.5) is 0 Å². The molecular formula is C20H18N4O4. The summed E-state index contributed by atoms with van der Waals surface area (Å²) in [6.45, 7) is 2.05. The molecule has 0 amide bonds. The van der Waals surface area contributed by atoms with Crippen LogP contribution in [0.1, 0.15) is 17.0 Å². The van der Waals surface area contributed by atoms with E-state index in [1.165, 1.54) is 5.56 Å². The van der Waals surface area contributed by atoms with E-state index in [9.17, 15) is 0 Å². The highest BCUT2D eigenvalue weighted by molar-refractivity contribution is 5.61. The molecule has 28 heavy (non-hydrogen) atoms. The lowest BCUT2D eigenvalue weighted by atomic mass is 10.1. The summed E-state index contributed by atoms with van der Waals surface area (Å²) in [6.07, 6.45) is 0.562. The maximum absolute atomic E-state index is 5.31. The van der Waals surface area contributed by atoms with E-state index in [0.29, 0.717) is 35.1 Å². The van der Waals surface area contributed by atoms with Gasteiger partial charge in [-0.15, -0.1) is 0 Å². The van der Waals surface area contributed by atoms with Crippen molar-refractivity contribution < 1.29 is 18.5 Å². The Kier molecular flexibility index (Phi) is 4.76. The van der Waals surface area contributed by atoms with E-state index in [2.05, 4.69) is 20.3 Å². The maximum atomic E-state index is 5.31. The van der Waals surface area contributed by atoms with Gasteiger partial charge in [0.15, 0.2) is 17.3 Å². The minimum absolute atomic E-state index is 0.160. The number of benzene rings is 2. The second kappa shape index (κ2) is 7.51. The average Bonchev–Trinajstić information content (AvgIpc) is 3.39. The summed E-state index contributed by atoms with van der Waals surface area (Å²) in [5.41, 5.74) is 3.01. The van der Waals surface area contributed by atoms with Gasteiger partial charge >= 0.3 is 11.8 Å². The monoisotopic (exact) mass is 378 g/mol. The third-order valence-corrected chi connectivity index (χ3v) is 4.33. The molecule has 2 heterocycles. The zero-order valence-corrected chi connectivity index (χ0v) is 15.7. The van der Waals surface area contributed by atoms with Crippen LogP contribution in [0.15, 0.2) is 51.5 Å². The summed E-state index contributed by atoms with van der Waals surface area (Å²) in [5.74, 6) is 2.47. The van der Waals surface area contributed by atoms with Gasteiger partial charge in [0.1, 0.15) is 0 Å². The first-order valence-electron chi connectivity index (χ1n) is 8.61. The quantitative estimate of drug-likeness (QED) is 0.501. The fraction of sp³-hybridized carbons (Fsp3) is 0.200. The molecular weight excluding hydrogens is 360 g/mol. The Labute approximate surface area is 161 Å². The molecule has 8 heteroatoms. The highest BCUT2D eigenvalue weighted by Gasteiger charge is 2.18. The molecule has 0 saturated heterocycles. The van der Waals surface area contributed by atoms with Crippen molar-refractivity contribution in [3.63, 3.8) is 0 Å². The zero-order chi connectivity index (χ0) is 19.5. The van der Waals surface area contributed by atoms with Crippen molar-refractivity contribution >= 4 is 0 Å². The van der Waals surface area contributed by atoms with Crippen LogP contribution < -0.4 is 9.47 Å². The second-order valence-corrected chi connectivity index (χ2v) is 6.11. The number of ether oxygens (including phenoxy) is 2. The summed E-state index contributed by atoms with van der Waals surface area (Å²) in [6, 6.07) is 13.4. The van der Waals surface area contributed by atoms with Gasteiger partial charge in [-0.3, -0.25) is 0 Å². The standard InChI is InChI=1S/C20H18N4O4/c1-12-6-4-5-7-13(12)11-17-21-19(27-23-17)20-22-18(24-28-20)14-8-9-15(25-2)16(10-14)26-3/h4-10H,11H2,1-3H3. The number of aromatic nitrogens is 4. The Hall–Kier alpha value is -3.68. The predicted molar refractivity (Wildman–Crippen MR) is 100 cm³/mol. The van der Waals surface area contributed by atoms with Crippen LogP contribution in [-0.4, -0.2) is 34.5 Å². The molecule has 4 rings (SSSR count). The highest BCUT2D eigenvalue weighted by Crippen LogP contribution is 2.31. The van der Waals surface area contributed by atoms with Crippen LogP contribution in [-0.2, 0) is 6.42 Å². The molecule has 2 aromatic carbocycles. The summed E-state index contributed by atoms with van der Waals surface area (Å²) in [7, 11) is 3.14. The fourth-order valence-electron chi connectivity index (χ4n) is 2.79. The van der Waals surface area contributed by atoms with Crippen molar-refractivity contribution in [2.45, 2.75) is 13.3 Å². The Balaban J connectivity index is 1.57. The Bertz CT molecular complexity index is 1100. The predicted octanol–water partition coefficient (Wildman–Crippen LogP) is 3.70. The summed E-state index contributed by atoms with van der Waals surface area (Å²) >= 11 is 0. The molecule has 0 fully saturated rings. The molecule has 0 aliphatic rings. The molecule has 0 spiro atoms. The number of rotatable bonds is 6. The van der Waals surface area contributed by atoms with Crippen LogP contribution in [0.3, 0.4) is 0 Å². The first kappa shape index (κ1) is 17.7. The van der Waals surface area contributed by atoms with Crippen molar-refractivity contribution in [3.05, 3.63) is 59.4 Å². The van der Waals surface area contributed by atoms with E-state index >= 15 is 0 Å². The number of nitrogens with zero attached hydrogens (tertiary/aromatic N) is 4. The van der Waals surface area contributed by atoms with Gasteiger partial charge in [0.2, 0.25) is 5.82 Å². The SMILES string of the molecule is COc1ccc(-c2noc(-c3nc(Cc4ccccc4C)no3)n2)cc1OC. The van der Waals surface area contributed by atoms with Crippen LogP contribution in [0, 0.1) is 6.92 Å². The molecule has 0 aliphatic heterocycles. The topological polar surface area (TPSA) is 96.3 Å². The summed E-state index contributed by atoms with van der Waals surface area (Å²) in [4.78, 5) is 8.72. The van der Waals surface area contributed by atoms with Crippen molar-refractivity contribution in [2.24, 2.45) is 0 Å². The molecule has 0 N–H and O–H groups in total. The van der Waals surface area contributed by atoms with Crippen molar-refractivity contribution in [1.29, 1.82) is 0 Å². The van der Waals surface area contributed by atoms with Gasteiger partial charge < -0.3 is 18.5 Å². The zero-order valence-electron chi connectivity index (χ0n) is 15.7. The average molecular weight is 378 g/mol. The number of aryl methyl sites for hydroxylation is 1. The molecule has 0 aliphatic carbocycles. The molecule has 142 valence electrons. The number of hydrogen-bond donors (Lipinski definition) is 0. The minimum atomic E-state index is 0.160.